The minimum absolute atomic E-state index is 0.146. The van der Waals surface area contributed by atoms with Crippen LogP contribution in [0.5, 0.6) is 0 Å². The Labute approximate surface area is 158 Å². The van der Waals surface area contributed by atoms with Gasteiger partial charge >= 0.3 is 0 Å². The van der Waals surface area contributed by atoms with E-state index in [-0.39, 0.29) is 23.7 Å². The first-order chi connectivity index (χ1) is 13.1. The maximum atomic E-state index is 14.0. The van der Waals surface area contributed by atoms with E-state index in [1.165, 1.54) is 6.07 Å². The van der Waals surface area contributed by atoms with Crippen LogP contribution >= 0.6 is 0 Å². The average Bonchev–Trinajstić information content (AvgIpc) is 3.32. The van der Waals surface area contributed by atoms with Gasteiger partial charge in [-0.05, 0) is 38.3 Å². The average molecular weight is 372 g/mol. The van der Waals surface area contributed by atoms with Crippen molar-refractivity contribution >= 4 is 5.91 Å². The van der Waals surface area contributed by atoms with Crippen LogP contribution < -0.4 is 0 Å². The van der Waals surface area contributed by atoms with E-state index < -0.39 is 0 Å². The van der Waals surface area contributed by atoms with E-state index in [2.05, 4.69) is 15.1 Å². The van der Waals surface area contributed by atoms with Gasteiger partial charge in [-0.1, -0.05) is 18.2 Å². The predicted octanol–water partition coefficient (Wildman–Crippen LogP) is 2.89. The molecule has 0 N–H and O–H groups in total. The number of nitrogens with zero attached hydrogens (tertiary/aromatic N) is 4. The molecule has 0 radical (unpaired) electrons. The third-order valence-corrected chi connectivity index (χ3v) is 5.68. The number of benzene rings is 1. The summed E-state index contributed by atoms with van der Waals surface area (Å²) in [7, 11) is 0. The lowest BCUT2D eigenvalue weighted by Crippen LogP contribution is -2.48. The first-order valence-corrected chi connectivity index (χ1v) is 9.68. The van der Waals surface area contributed by atoms with E-state index in [1.807, 2.05) is 11.0 Å². The lowest BCUT2D eigenvalue weighted by atomic mass is 9.96. The first-order valence-electron chi connectivity index (χ1n) is 9.68. The molecule has 2 aromatic rings. The van der Waals surface area contributed by atoms with Crippen molar-refractivity contribution in [2.24, 2.45) is 0 Å². The molecule has 2 aliphatic rings. The van der Waals surface area contributed by atoms with Gasteiger partial charge < -0.3 is 9.32 Å². The normalized spacial score (nSPS) is 21.7. The molecule has 27 heavy (non-hydrogen) atoms. The summed E-state index contributed by atoms with van der Waals surface area (Å²) in [6.07, 6.45) is 3.50. The molecule has 4 rings (SSSR count). The molecule has 0 spiro atoms. The van der Waals surface area contributed by atoms with Gasteiger partial charge in [0.2, 0.25) is 17.7 Å². The van der Waals surface area contributed by atoms with E-state index in [9.17, 15) is 9.18 Å². The number of aryl methyl sites for hydroxylation is 1. The summed E-state index contributed by atoms with van der Waals surface area (Å²) >= 11 is 0. The van der Waals surface area contributed by atoms with Crippen LogP contribution in [0.25, 0.3) is 0 Å². The van der Waals surface area contributed by atoms with Crippen LogP contribution in [0.3, 0.4) is 0 Å². The van der Waals surface area contributed by atoms with Gasteiger partial charge in [0.05, 0.1) is 6.04 Å². The largest absolute Gasteiger partial charge is 0.425 e. The molecule has 1 atom stereocenters. The van der Waals surface area contributed by atoms with Crippen molar-refractivity contribution in [2.75, 3.05) is 19.6 Å². The molecular formula is C20H25FN4O2. The lowest BCUT2D eigenvalue weighted by Gasteiger charge is -2.34. The van der Waals surface area contributed by atoms with Gasteiger partial charge in [-0.3, -0.25) is 9.69 Å². The van der Waals surface area contributed by atoms with Gasteiger partial charge in [0, 0.05) is 38.0 Å². The zero-order valence-electron chi connectivity index (χ0n) is 15.6. The highest BCUT2D eigenvalue weighted by Gasteiger charge is 2.36. The van der Waals surface area contributed by atoms with Gasteiger partial charge in [0.25, 0.3) is 0 Å². The van der Waals surface area contributed by atoms with Crippen LogP contribution in [0.1, 0.15) is 48.9 Å². The van der Waals surface area contributed by atoms with Crippen molar-refractivity contribution in [2.45, 2.75) is 51.1 Å². The number of carbonyl (C=O) groups is 1. The third kappa shape index (κ3) is 3.88. The molecule has 2 fully saturated rings. The van der Waals surface area contributed by atoms with Crippen LogP contribution in [0, 0.1) is 12.7 Å². The molecule has 1 amide bonds. The van der Waals surface area contributed by atoms with E-state index in [4.69, 9.17) is 4.42 Å². The number of piperidine rings is 1. The molecule has 6 nitrogen and oxygen atoms in total. The fraction of sp³-hybridized carbons (Fsp3) is 0.550. The van der Waals surface area contributed by atoms with Crippen molar-refractivity contribution < 1.29 is 13.6 Å². The van der Waals surface area contributed by atoms with E-state index in [0.29, 0.717) is 37.0 Å². The summed E-state index contributed by atoms with van der Waals surface area (Å²) in [4.78, 5) is 17.1. The Morgan fingerprint density at radius 3 is 2.67 bits per heavy atom. The molecule has 1 aromatic carbocycles. The second-order valence-corrected chi connectivity index (χ2v) is 7.48. The van der Waals surface area contributed by atoms with E-state index in [0.717, 1.165) is 32.2 Å². The van der Waals surface area contributed by atoms with Crippen molar-refractivity contribution in [3.8, 4) is 0 Å². The van der Waals surface area contributed by atoms with Crippen molar-refractivity contribution in [3.05, 3.63) is 47.4 Å². The minimum atomic E-state index is -0.203. The number of amides is 1. The minimum Gasteiger partial charge on any atom is -0.425 e. The standard InChI is InChI=1S/C20H25FN4O2/c1-14-22-23-19(27-14)15-8-11-24(12-9-15)20(26)18-7-4-10-25(18)13-16-5-2-3-6-17(16)21/h2-3,5-6,15,18H,4,7-13H2,1H3. The predicted molar refractivity (Wildman–Crippen MR) is 97.4 cm³/mol. The van der Waals surface area contributed by atoms with Crippen LogP contribution in [0.2, 0.25) is 0 Å². The fourth-order valence-electron chi connectivity index (χ4n) is 4.17. The summed E-state index contributed by atoms with van der Waals surface area (Å²) in [6, 6.07) is 6.67. The number of hydrogen-bond acceptors (Lipinski definition) is 5. The summed E-state index contributed by atoms with van der Waals surface area (Å²) in [5.41, 5.74) is 0.655. The maximum Gasteiger partial charge on any atom is 0.239 e. The molecule has 0 bridgehead atoms. The van der Waals surface area contributed by atoms with Crippen LogP contribution in [0.4, 0.5) is 4.39 Å². The molecule has 3 heterocycles. The van der Waals surface area contributed by atoms with Crippen molar-refractivity contribution in [1.29, 1.82) is 0 Å². The van der Waals surface area contributed by atoms with Crippen molar-refractivity contribution in [3.63, 3.8) is 0 Å². The molecular weight excluding hydrogens is 347 g/mol. The van der Waals surface area contributed by atoms with Gasteiger partial charge in [-0.15, -0.1) is 10.2 Å². The Bertz CT molecular complexity index is 801. The molecule has 1 aromatic heterocycles. The number of aromatic nitrogens is 2. The molecule has 0 saturated carbocycles. The Morgan fingerprint density at radius 1 is 1.19 bits per heavy atom. The number of rotatable bonds is 4. The summed E-state index contributed by atoms with van der Waals surface area (Å²) in [5.74, 6) is 1.46. The number of halogens is 1. The quantitative estimate of drug-likeness (QED) is 0.826. The smallest absolute Gasteiger partial charge is 0.239 e. The molecule has 7 heteroatoms. The van der Waals surface area contributed by atoms with Crippen LogP contribution in [0.15, 0.2) is 28.7 Å². The number of likely N-dealkylation sites (tertiary alicyclic amines) is 2. The Hall–Kier alpha value is -2.28. The summed E-state index contributed by atoms with van der Waals surface area (Å²) in [5, 5.41) is 8.02. The van der Waals surface area contributed by atoms with E-state index >= 15 is 0 Å². The molecule has 0 aliphatic carbocycles. The Balaban J connectivity index is 1.37. The van der Waals surface area contributed by atoms with Crippen molar-refractivity contribution in [1.82, 2.24) is 20.0 Å². The van der Waals surface area contributed by atoms with Gasteiger partial charge in [-0.2, -0.15) is 0 Å². The third-order valence-electron chi connectivity index (χ3n) is 5.68. The molecule has 144 valence electrons. The highest BCUT2D eigenvalue weighted by molar-refractivity contribution is 5.82. The maximum absolute atomic E-state index is 14.0. The van der Waals surface area contributed by atoms with Gasteiger partial charge in [-0.25, -0.2) is 4.39 Å². The molecule has 2 saturated heterocycles. The zero-order valence-corrected chi connectivity index (χ0v) is 15.6. The van der Waals surface area contributed by atoms with E-state index in [1.54, 1.807) is 19.1 Å². The highest BCUT2D eigenvalue weighted by Crippen LogP contribution is 2.29. The second-order valence-electron chi connectivity index (χ2n) is 7.48. The zero-order chi connectivity index (χ0) is 18.8. The highest BCUT2D eigenvalue weighted by atomic mass is 19.1. The van der Waals surface area contributed by atoms with Gasteiger partial charge in [0.1, 0.15) is 5.82 Å². The SMILES string of the molecule is Cc1nnc(C2CCN(C(=O)C3CCCN3Cc3ccccc3F)CC2)o1. The number of hydrogen-bond donors (Lipinski definition) is 0. The number of carbonyl (C=O) groups excluding carboxylic acids is 1. The first kappa shape index (κ1) is 18.1. The van der Waals surface area contributed by atoms with Crippen LogP contribution in [-0.4, -0.2) is 51.6 Å². The fourth-order valence-corrected chi connectivity index (χ4v) is 4.17. The topological polar surface area (TPSA) is 62.5 Å². The Kier molecular flexibility index (Phi) is 5.20. The Morgan fingerprint density at radius 2 is 1.96 bits per heavy atom. The van der Waals surface area contributed by atoms with Gasteiger partial charge in [0.15, 0.2) is 0 Å². The lowest BCUT2D eigenvalue weighted by molar-refractivity contribution is -0.137. The van der Waals surface area contributed by atoms with Crippen LogP contribution in [-0.2, 0) is 11.3 Å². The monoisotopic (exact) mass is 372 g/mol. The summed E-state index contributed by atoms with van der Waals surface area (Å²) < 4.78 is 19.5. The molecule has 2 aliphatic heterocycles. The second kappa shape index (κ2) is 7.76. The summed E-state index contributed by atoms with van der Waals surface area (Å²) in [6.45, 7) is 4.52. The molecule has 1 unspecified atom stereocenters.